The average molecular weight is 252 g/mol. The number of aliphatic hydroxyl groups excluding tert-OH is 1. The zero-order valence-electron chi connectivity index (χ0n) is 11.3. The van der Waals surface area contributed by atoms with Gasteiger partial charge in [0.2, 0.25) is 0 Å². The molecule has 0 aliphatic heterocycles. The summed E-state index contributed by atoms with van der Waals surface area (Å²) in [6.45, 7) is 5.92. The molecular weight excluding hydrogens is 232 g/mol. The number of methoxy groups -OCH3 is 1. The van der Waals surface area contributed by atoms with Crippen LogP contribution in [-0.4, -0.2) is 29.9 Å². The predicted molar refractivity (Wildman–Crippen MR) is 68.5 cm³/mol. The third-order valence-electron chi connectivity index (χ3n) is 2.25. The van der Waals surface area contributed by atoms with Crippen LogP contribution in [0, 0.1) is 0 Å². The highest BCUT2D eigenvalue weighted by Crippen LogP contribution is 2.19. The molecule has 18 heavy (non-hydrogen) atoms. The summed E-state index contributed by atoms with van der Waals surface area (Å²) in [5, 5.41) is 9.52. The Morgan fingerprint density at radius 2 is 1.83 bits per heavy atom. The molecule has 0 aromatic heterocycles. The quantitative estimate of drug-likeness (QED) is 0.832. The molecule has 1 N–H and O–H groups in total. The van der Waals surface area contributed by atoms with Crippen molar-refractivity contribution in [1.29, 1.82) is 0 Å². The van der Waals surface area contributed by atoms with Gasteiger partial charge < -0.3 is 14.6 Å². The second kappa shape index (κ2) is 5.87. The van der Waals surface area contributed by atoms with Crippen molar-refractivity contribution in [3.05, 3.63) is 29.8 Å². The van der Waals surface area contributed by atoms with Gasteiger partial charge in [-0.2, -0.15) is 0 Å². The number of benzene rings is 1. The molecule has 0 amide bonds. The Hall–Kier alpha value is -1.55. The van der Waals surface area contributed by atoms with E-state index in [1.807, 2.05) is 45.0 Å². The van der Waals surface area contributed by atoms with Crippen LogP contribution in [0.1, 0.15) is 26.3 Å². The molecule has 100 valence electrons. The fourth-order valence-corrected chi connectivity index (χ4v) is 1.49. The number of carbonyl (C=O) groups excluding carboxylic acids is 1. The molecule has 0 bridgehead atoms. The summed E-state index contributed by atoms with van der Waals surface area (Å²) < 4.78 is 10.1. The summed E-state index contributed by atoms with van der Waals surface area (Å²) in [5.41, 5.74) is 0.613. The SMILES string of the molecule is COC(=O)C(O)Cc1ccc(OC(C)(C)C)cc1. The average Bonchev–Trinajstić information content (AvgIpc) is 2.28. The van der Waals surface area contributed by atoms with Gasteiger partial charge in [-0.1, -0.05) is 12.1 Å². The fourth-order valence-electron chi connectivity index (χ4n) is 1.49. The summed E-state index contributed by atoms with van der Waals surface area (Å²) in [6, 6.07) is 7.30. The molecule has 0 aliphatic rings. The van der Waals surface area contributed by atoms with Gasteiger partial charge >= 0.3 is 5.97 Å². The predicted octanol–water partition coefficient (Wildman–Crippen LogP) is 1.94. The van der Waals surface area contributed by atoms with Gasteiger partial charge in [0.05, 0.1) is 7.11 Å². The molecule has 4 nitrogen and oxygen atoms in total. The lowest BCUT2D eigenvalue weighted by Crippen LogP contribution is -2.24. The van der Waals surface area contributed by atoms with Crippen LogP contribution in [0.4, 0.5) is 0 Å². The van der Waals surface area contributed by atoms with E-state index in [0.29, 0.717) is 0 Å². The second-order valence-corrected chi connectivity index (χ2v) is 5.10. The van der Waals surface area contributed by atoms with Gasteiger partial charge in [-0.3, -0.25) is 0 Å². The van der Waals surface area contributed by atoms with Crippen molar-refractivity contribution in [3.8, 4) is 5.75 Å². The van der Waals surface area contributed by atoms with Crippen molar-refractivity contribution in [2.24, 2.45) is 0 Å². The fraction of sp³-hybridized carbons (Fsp3) is 0.500. The maximum Gasteiger partial charge on any atom is 0.335 e. The Kier molecular flexibility index (Phi) is 4.73. The van der Waals surface area contributed by atoms with Crippen LogP contribution in [-0.2, 0) is 16.0 Å². The Balaban J connectivity index is 2.63. The first-order valence-corrected chi connectivity index (χ1v) is 5.85. The second-order valence-electron chi connectivity index (χ2n) is 5.10. The molecule has 1 aromatic carbocycles. The van der Waals surface area contributed by atoms with Gasteiger partial charge in [-0.25, -0.2) is 4.79 Å². The number of ether oxygens (including phenoxy) is 2. The maximum absolute atomic E-state index is 11.1. The van der Waals surface area contributed by atoms with E-state index in [-0.39, 0.29) is 12.0 Å². The largest absolute Gasteiger partial charge is 0.488 e. The first-order chi connectivity index (χ1) is 8.31. The van der Waals surface area contributed by atoms with Gasteiger partial charge in [-0.15, -0.1) is 0 Å². The van der Waals surface area contributed by atoms with Crippen LogP contribution in [0.3, 0.4) is 0 Å². The minimum absolute atomic E-state index is 0.239. The van der Waals surface area contributed by atoms with Gasteiger partial charge in [0.15, 0.2) is 6.10 Å². The first kappa shape index (κ1) is 14.5. The standard InChI is InChI=1S/C14H20O4/c1-14(2,3)18-11-7-5-10(6-8-11)9-12(15)13(16)17-4/h5-8,12,15H,9H2,1-4H3. The molecule has 1 atom stereocenters. The van der Waals surface area contributed by atoms with Crippen molar-refractivity contribution in [1.82, 2.24) is 0 Å². The molecule has 1 unspecified atom stereocenters. The molecule has 1 rings (SSSR count). The summed E-state index contributed by atoms with van der Waals surface area (Å²) in [5.74, 6) is 0.142. The summed E-state index contributed by atoms with van der Waals surface area (Å²) >= 11 is 0. The summed E-state index contributed by atoms with van der Waals surface area (Å²) in [7, 11) is 1.26. The minimum Gasteiger partial charge on any atom is -0.488 e. The highest BCUT2D eigenvalue weighted by atomic mass is 16.5. The number of aliphatic hydroxyl groups is 1. The van der Waals surface area contributed by atoms with Crippen LogP contribution in [0.2, 0.25) is 0 Å². The maximum atomic E-state index is 11.1. The number of esters is 1. The number of hydrogen-bond donors (Lipinski definition) is 1. The molecule has 0 spiro atoms. The summed E-state index contributed by atoms with van der Waals surface area (Å²) in [6.07, 6.45) is -0.882. The van der Waals surface area contributed by atoms with E-state index in [2.05, 4.69) is 4.74 Å². The molecule has 0 radical (unpaired) electrons. The lowest BCUT2D eigenvalue weighted by molar-refractivity contribution is -0.150. The molecule has 1 aromatic rings. The van der Waals surface area contributed by atoms with Gasteiger partial charge in [0.25, 0.3) is 0 Å². The normalized spacial score (nSPS) is 12.9. The van der Waals surface area contributed by atoms with Crippen LogP contribution in [0.15, 0.2) is 24.3 Å². The van der Waals surface area contributed by atoms with E-state index in [9.17, 15) is 9.90 Å². The van der Waals surface area contributed by atoms with Crippen LogP contribution >= 0.6 is 0 Å². The first-order valence-electron chi connectivity index (χ1n) is 5.85. The van der Waals surface area contributed by atoms with E-state index in [4.69, 9.17) is 4.74 Å². The van der Waals surface area contributed by atoms with Gasteiger partial charge in [-0.05, 0) is 38.5 Å². The van der Waals surface area contributed by atoms with E-state index in [1.165, 1.54) is 7.11 Å². The lowest BCUT2D eigenvalue weighted by Gasteiger charge is -2.21. The number of rotatable bonds is 4. The Bertz CT molecular complexity index is 389. The van der Waals surface area contributed by atoms with Gasteiger partial charge in [0, 0.05) is 6.42 Å². The zero-order valence-corrected chi connectivity index (χ0v) is 11.3. The molecular formula is C14H20O4. The van der Waals surface area contributed by atoms with Gasteiger partial charge in [0.1, 0.15) is 11.4 Å². The van der Waals surface area contributed by atoms with Crippen molar-refractivity contribution in [2.75, 3.05) is 7.11 Å². The number of hydrogen-bond acceptors (Lipinski definition) is 4. The molecule has 0 saturated heterocycles. The molecule has 4 heteroatoms. The molecule has 0 aliphatic carbocycles. The lowest BCUT2D eigenvalue weighted by atomic mass is 10.1. The third-order valence-corrected chi connectivity index (χ3v) is 2.25. The minimum atomic E-state index is -1.12. The Morgan fingerprint density at radius 3 is 2.28 bits per heavy atom. The van der Waals surface area contributed by atoms with E-state index in [1.54, 1.807) is 0 Å². The third kappa shape index (κ3) is 4.75. The smallest absolute Gasteiger partial charge is 0.335 e. The highest BCUT2D eigenvalue weighted by molar-refractivity contribution is 5.74. The molecule has 0 fully saturated rings. The molecule has 0 heterocycles. The highest BCUT2D eigenvalue weighted by Gasteiger charge is 2.16. The van der Waals surface area contributed by atoms with Crippen LogP contribution < -0.4 is 4.74 Å². The van der Waals surface area contributed by atoms with Crippen LogP contribution in [0.25, 0.3) is 0 Å². The Labute approximate surface area is 108 Å². The van der Waals surface area contributed by atoms with Crippen molar-refractivity contribution in [2.45, 2.75) is 38.9 Å². The number of carbonyl (C=O) groups is 1. The van der Waals surface area contributed by atoms with Crippen molar-refractivity contribution >= 4 is 5.97 Å². The zero-order chi connectivity index (χ0) is 13.8. The van der Waals surface area contributed by atoms with Crippen molar-refractivity contribution in [3.63, 3.8) is 0 Å². The van der Waals surface area contributed by atoms with E-state index < -0.39 is 12.1 Å². The molecule has 0 saturated carbocycles. The summed E-state index contributed by atoms with van der Waals surface area (Å²) in [4.78, 5) is 11.1. The Morgan fingerprint density at radius 1 is 1.28 bits per heavy atom. The monoisotopic (exact) mass is 252 g/mol. The van der Waals surface area contributed by atoms with Crippen LogP contribution in [0.5, 0.6) is 5.75 Å². The van der Waals surface area contributed by atoms with Crippen molar-refractivity contribution < 1.29 is 19.4 Å². The van der Waals surface area contributed by atoms with E-state index >= 15 is 0 Å². The topological polar surface area (TPSA) is 55.8 Å². The van der Waals surface area contributed by atoms with E-state index in [0.717, 1.165) is 11.3 Å².